The maximum absolute atomic E-state index is 14.3. The van der Waals surface area contributed by atoms with Crippen molar-refractivity contribution in [3.63, 3.8) is 0 Å². The fourth-order valence-corrected chi connectivity index (χ4v) is 11.5. The number of aliphatic carboxylic acids is 1. The number of nitrogens with two attached hydrogens (primary N) is 4. The van der Waals surface area contributed by atoms with E-state index >= 15 is 0 Å². The number of para-hydroxylation sites is 1. The molecule has 1 heterocycles. The highest BCUT2D eigenvalue weighted by Crippen LogP contribution is 2.20. The Morgan fingerprint density at radius 2 is 0.649 bits per heavy atom. The van der Waals surface area contributed by atoms with Gasteiger partial charge < -0.3 is 107 Å². The molecule has 0 aliphatic rings. The van der Waals surface area contributed by atoms with E-state index in [1.165, 1.54) is 48.5 Å². The molecule has 0 saturated heterocycles. The van der Waals surface area contributed by atoms with Gasteiger partial charge in [-0.3, -0.25) is 76.7 Å². The van der Waals surface area contributed by atoms with Crippen LogP contribution in [0, 0.1) is 17.8 Å². The molecule has 24 N–H and O–H groups in total. The first-order valence-electron chi connectivity index (χ1n) is 38.2. The maximum atomic E-state index is 14.3. The van der Waals surface area contributed by atoms with E-state index in [0.29, 0.717) is 44.1 Å². The lowest BCUT2D eigenvalue weighted by atomic mass is 10.0. The van der Waals surface area contributed by atoms with Gasteiger partial charge in [-0.25, -0.2) is 0 Å². The second kappa shape index (κ2) is 50.5. The van der Waals surface area contributed by atoms with Crippen molar-refractivity contribution in [2.24, 2.45) is 40.7 Å². The third-order valence-electron chi connectivity index (χ3n) is 18.0. The highest BCUT2D eigenvalue weighted by atomic mass is 32.1. The van der Waals surface area contributed by atoms with Crippen LogP contribution < -0.4 is 97.4 Å². The number of H-pyrrole nitrogens is 1. The molecule has 0 fully saturated rings. The summed E-state index contributed by atoms with van der Waals surface area (Å²) in [4.78, 5) is 220. The monoisotopic (exact) mass is 1580 g/mol. The first kappa shape index (κ1) is 97.7. The summed E-state index contributed by atoms with van der Waals surface area (Å²) in [5.74, 6) is -13.4. The van der Waals surface area contributed by atoms with Crippen molar-refractivity contribution in [3.05, 3.63) is 36.0 Å². The summed E-state index contributed by atoms with van der Waals surface area (Å²) < 4.78 is 0. The first-order chi connectivity index (χ1) is 52.2. The quantitative estimate of drug-likeness (QED) is 0.0248. The van der Waals surface area contributed by atoms with Crippen LogP contribution in [0.5, 0.6) is 0 Å². The van der Waals surface area contributed by atoms with Gasteiger partial charge >= 0.3 is 5.97 Å². The Morgan fingerprint density at radius 1 is 0.369 bits per heavy atom. The van der Waals surface area contributed by atoms with E-state index in [1.807, 2.05) is 19.9 Å². The van der Waals surface area contributed by atoms with Gasteiger partial charge in [-0.2, -0.15) is 12.6 Å². The minimum absolute atomic E-state index is 0.00489. The van der Waals surface area contributed by atoms with Crippen molar-refractivity contribution in [3.8, 4) is 0 Å². The lowest BCUT2D eigenvalue weighted by Crippen LogP contribution is -2.60. The number of carbonyl (C=O) groups is 16. The number of fused-ring (bicyclic) bond motifs is 1. The molecule has 14 amide bonds. The number of rotatable bonds is 53. The molecule has 1 aromatic carbocycles. The van der Waals surface area contributed by atoms with Gasteiger partial charge in [-0.1, -0.05) is 59.7 Å². The van der Waals surface area contributed by atoms with Gasteiger partial charge in [-0.05, 0) is 181 Å². The number of carboxylic acid groups (broad SMARTS) is 1. The summed E-state index contributed by atoms with van der Waals surface area (Å²) in [5, 5.41) is 46.7. The predicted octanol–water partition coefficient (Wildman–Crippen LogP) is -2.15. The number of nitrogens with one attached hydrogen (secondary N) is 15. The second-order valence-corrected chi connectivity index (χ2v) is 29.9. The fourth-order valence-electron chi connectivity index (χ4n) is 11.4. The first-order valence-corrected chi connectivity index (χ1v) is 38.8. The Hall–Kier alpha value is -9.33. The molecule has 0 radical (unpaired) electrons. The zero-order chi connectivity index (χ0) is 83.9. The van der Waals surface area contributed by atoms with Crippen LogP contribution in [0.2, 0.25) is 0 Å². The topological polar surface area (TPSA) is 582 Å². The van der Waals surface area contributed by atoms with E-state index in [-0.39, 0.29) is 93.9 Å². The zero-order valence-electron chi connectivity index (χ0n) is 66.4. The van der Waals surface area contributed by atoms with E-state index < -0.39 is 192 Å². The zero-order valence-corrected chi connectivity index (χ0v) is 67.3. The molecule has 37 heteroatoms. The van der Waals surface area contributed by atoms with Crippen LogP contribution in [-0.2, 0) is 83.1 Å². The van der Waals surface area contributed by atoms with E-state index in [4.69, 9.17) is 22.9 Å². The van der Waals surface area contributed by atoms with Crippen molar-refractivity contribution in [2.45, 2.75) is 277 Å². The summed E-state index contributed by atoms with van der Waals surface area (Å²) in [6.45, 7) is 21.0. The van der Waals surface area contributed by atoms with E-state index in [2.05, 4.69) is 92.0 Å². The average Bonchev–Trinajstić information content (AvgIpc) is 1.72. The highest BCUT2D eigenvalue weighted by Gasteiger charge is 2.37. The summed E-state index contributed by atoms with van der Waals surface area (Å²) in [6.07, 6.45) is 3.24. The number of carbonyl (C=O) groups excluding carboxylic acids is 15. The van der Waals surface area contributed by atoms with Crippen LogP contribution in [-0.4, -0.2) is 221 Å². The Kier molecular flexibility index (Phi) is 44.5. The van der Waals surface area contributed by atoms with Crippen molar-refractivity contribution in [1.29, 1.82) is 0 Å². The summed E-state index contributed by atoms with van der Waals surface area (Å²) >= 11 is 4.09. The number of aromatic nitrogens is 1. The van der Waals surface area contributed by atoms with Crippen molar-refractivity contribution in [2.75, 3.05) is 25.4 Å². The summed E-state index contributed by atoms with van der Waals surface area (Å²) in [5.41, 5.74) is 24.6. The molecule has 0 saturated carbocycles. The number of amides is 14. The molecule has 36 nitrogen and oxygen atoms in total. The molecule has 624 valence electrons. The Labute approximate surface area is 655 Å². The number of aromatic amines is 1. The third kappa shape index (κ3) is 36.1. The molecule has 1 aromatic heterocycles. The molecule has 2 rings (SSSR count). The minimum atomic E-state index is -1.56. The number of thiol groups is 1. The standard InChI is InChI=1S/C74H125N19O17S/c1-38(2)32-56(71(107)80-41(7)47(13)94)90-64(100)45(11)81-67(103)52(24-16-19-29-75)86-62(98)43(9)84-72(108)57(33-39(3)4)91-65(101)46(12)82-68(104)53(25-17-20-30-76)87-63(99)44(10)85-73(109)58(34-40(5)6)93-70(106)54(26-18-21-31-77)88-61(97)42(8)83-69(105)55(27-28-60(95)96)89-74(110)59(92-66(102)50(78)37-111)35-48-36-79-51-23-15-14-22-49(48)51/h14-15,22-23,36,38-46,50,52-59,79,111H,16-21,24-35,37,75-78H2,1-13H3,(H,80,107)(H,81,103)(H,82,104)(H,83,105)(H,84,108)(H,85,109)(H,86,98)(H,87,99)(H,88,97)(H,89,110)(H,90,100)(H,91,101)(H,92,102)(H,93,106)(H,95,96)/t41-,42-,43-,44-,45-,46-,50-,52-,53-,54-,55-,56-,57-,58-,59-/m0/s1. The molecule has 0 aliphatic carbocycles. The lowest BCUT2D eigenvalue weighted by molar-refractivity contribution is -0.138. The molecule has 0 spiro atoms. The third-order valence-corrected chi connectivity index (χ3v) is 18.4. The largest absolute Gasteiger partial charge is 0.481 e. The van der Waals surface area contributed by atoms with Crippen molar-refractivity contribution < 1.29 is 81.8 Å². The Morgan fingerprint density at radius 3 is 0.973 bits per heavy atom. The average molecular weight is 1580 g/mol. The maximum Gasteiger partial charge on any atom is 0.303 e. The molecule has 111 heavy (non-hydrogen) atoms. The minimum Gasteiger partial charge on any atom is -0.481 e. The molecular weight excluding hydrogens is 1460 g/mol. The van der Waals surface area contributed by atoms with Crippen LogP contribution in [0.3, 0.4) is 0 Å². The van der Waals surface area contributed by atoms with Gasteiger partial charge in [0.1, 0.15) is 78.5 Å². The Balaban J connectivity index is 2.26. The SMILES string of the molecule is CC(=O)[C@H](C)NC(=O)[C@H](CC(C)C)NC(=O)[C@H](C)NC(=O)[C@H](CCCCN)NC(=O)[C@H](C)NC(=O)[C@H](CC(C)C)NC(=O)[C@H](C)NC(=O)[C@H](CCCCN)NC(=O)[C@H](C)NC(=O)[C@H](CC(C)C)NC(=O)[C@H](CCCCN)NC(=O)[C@H](C)NC(=O)[C@H](CCC(=O)O)NC(=O)[C@H](Cc1c[nH]c2ccccc12)NC(=O)[C@@H](N)CS. The molecule has 0 bridgehead atoms. The second-order valence-electron chi connectivity index (χ2n) is 29.5. The predicted molar refractivity (Wildman–Crippen MR) is 420 cm³/mol. The number of hydrogen-bond acceptors (Lipinski definition) is 21. The molecule has 0 unspecified atom stereocenters. The molecular formula is C74H125N19O17S. The number of benzene rings is 1. The van der Waals surface area contributed by atoms with E-state index in [0.717, 1.165) is 10.9 Å². The number of ketones is 1. The normalized spacial score (nSPS) is 15.4. The van der Waals surface area contributed by atoms with Crippen LogP contribution >= 0.6 is 12.6 Å². The summed E-state index contributed by atoms with van der Waals surface area (Å²) in [7, 11) is 0. The Bertz CT molecular complexity index is 3450. The van der Waals surface area contributed by atoms with Gasteiger partial charge in [0.15, 0.2) is 5.78 Å². The van der Waals surface area contributed by atoms with Gasteiger partial charge in [0, 0.05) is 35.7 Å². The molecule has 0 aliphatic heterocycles. The summed E-state index contributed by atoms with van der Waals surface area (Å²) in [6, 6.07) is -11.7. The van der Waals surface area contributed by atoms with E-state index in [1.54, 1.807) is 52.1 Å². The van der Waals surface area contributed by atoms with Crippen molar-refractivity contribution in [1.82, 2.24) is 79.4 Å². The van der Waals surface area contributed by atoms with Crippen LogP contribution in [0.15, 0.2) is 30.5 Å². The number of unbranched alkanes of at least 4 members (excludes halogenated alkanes) is 3. The molecule has 15 atom stereocenters. The molecule has 2 aromatic rings. The number of Topliss-reactive ketones (excluding diaryl/α,β-unsaturated/α-hetero) is 1. The lowest BCUT2D eigenvalue weighted by Gasteiger charge is -2.27. The van der Waals surface area contributed by atoms with Crippen LogP contribution in [0.25, 0.3) is 10.9 Å². The number of hydrogen-bond donors (Lipinski definition) is 21. The van der Waals surface area contributed by atoms with Gasteiger partial charge in [0.25, 0.3) is 0 Å². The van der Waals surface area contributed by atoms with Gasteiger partial charge in [0.2, 0.25) is 82.7 Å². The van der Waals surface area contributed by atoms with Gasteiger partial charge in [-0.15, -0.1) is 0 Å². The smallest absolute Gasteiger partial charge is 0.303 e. The number of carboxylic acids is 1. The fraction of sp³-hybridized carbons (Fsp3) is 0.676. The van der Waals surface area contributed by atoms with Crippen LogP contribution in [0.4, 0.5) is 0 Å². The van der Waals surface area contributed by atoms with Crippen LogP contribution in [0.1, 0.15) is 185 Å². The van der Waals surface area contributed by atoms with Gasteiger partial charge in [0.05, 0.1) is 12.1 Å². The highest BCUT2D eigenvalue weighted by molar-refractivity contribution is 7.80. The van der Waals surface area contributed by atoms with Crippen molar-refractivity contribution >= 4 is 118 Å². The van der Waals surface area contributed by atoms with E-state index in [9.17, 15) is 81.8 Å².